The highest BCUT2D eigenvalue weighted by Crippen LogP contribution is 2.27. The van der Waals surface area contributed by atoms with Crippen molar-refractivity contribution in [3.05, 3.63) is 142 Å². The summed E-state index contributed by atoms with van der Waals surface area (Å²) in [5.74, 6) is 0. The number of halogens is 4. The van der Waals surface area contributed by atoms with Crippen LogP contribution < -0.4 is 52.9 Å². The van der Waals surface area contributed by atoms with Crippen LogP contribution in [0, 0.1) is 0 Å². The molecule has 0 aliphatic heterocycles. The van der Waals surface area contributed by atoms with Gasteiger partial charge in [0.05, 0.1) is 22.1 Å². The van der Waals surface area contributed by atoms with Gasteiger partial charge in [0.25, 0.3) is 0 Å². The average molecular weight is 781 g/mol. The van der Waals surface area contributed by atoms with Gasteiger partial charge in [0.15, 0.2) is 25.5 Å². The second-order valence-corrected chi connectivity index (χ2v) is 12.8. The first-order valence-corrected chi connectivity index (χ1v) is 15.7. The van der Waals surface area contributed by atoms with E-state index in [0.717, 1.165) is 47.0 Å². The highest BCUT2D eigenvalue weighted by atomic mass is 79.9. The summed E-state index contributed by atoms with van der Waals surface area (Å²) in [7, 11) is 8.29. The molecule has 2 heterocycles. The third-order valence-corrected chi connectivity index (χ3v) is 8.80. The molecule has 0 amide bonds. The molecule has 6 rings (SSSR count). The smallest absolute Gasteiger partial charge is 0.216 e. The van der Waals surface area contributed by atoms with Crippen LogP contribution in [-0.4, -0.2) is 28.2 Å². The molecule has 46 heavy (non-hydrogen) atoms. The minimum atomic E-state index is 0. The van der Waals surface area contributed by atoms with E-state index in [-0.39, 0.29) is 34.0 Å². The molecule has 0 N–H and O–H groups in total. The molecular formula is C38H38Br2Cl2N4. The lowest BCUT2D eigenvalue weighted by Gasteiger charge is -2.15. The van der Waals surface area contributed by atoms with Crippen LogP contribution in [0.1, 0.15) is 22.3 Å². The number of fused-ring (bicyclic) bond motifs is 2. The van der Waals surface area contributed by atoms with E-state index >= 15 is 0 Å². The van der Waals surface area contributed by atoms with Crippen molar-refractivity contribution < 1.29 is 43.1 Å². The lowest BCUT2D eigenvalue weighted by atomic mass is 10.0. The zero-order valence-corrected chi connectivity index (χ0v) is 31.2. The van der Waals surface area contributed by atoms with Crippen LogP contribution in [0.15, 0.2) is 109 Å². The van der Waals surface area contributed by atoms with E-state index in [9.17, 15) is 0 Å². The molecule has 2 aromatic heterocycles. The SMILES string of the molecule is CN(C)c1cc[n+](Cc2ccc(CCc3ccc(C[n+]4ccc(N(C)C)c5ccc(Cl)cc54)cc3)cc2)c2cc(Cl)ccc12.[Br-].[Br-]. The van der Waals surface area contributed by atoms with Crippen LogP contribution in [0.2, 0.25) is 10.0 Å². The summed E-state index contributed by atoms with van der Waals surface area (Å²) < 4.78 is 4.55. The Morgan fingerprint density at radius 1 is 0.478 bits per heavy atom. The van der Waals surface area contributed by atoms with E-state index < -0.39 is 0 Å². The van der Waals surface area contributed by atoms with Crippen molar-refractivity contribution in [2.75, 3.05) is 38.0 Å². The number of aromatic nitrogens is 2. The Morgan fingerprint density at radius 3 is 1.17 bits per heavy atom. The van der Waals surface area contributed by atoms with Gasteiger partial charge in [-0.25, -0.2) is 0 Å². The van der Waals surface area contributed by atoms with Gasteiger partial charge < -0.3 is 43.8 Å². The number of aryl methyl sites for hydroxylation is 2. The molecule has 8 heteroatoms. The van der Waals surface area contributed by atoms with E-state index in [1.165, 1.54) is 44.4 Å². The maximum absolute atomic E-state index is 6.38. The monoisotopic (exact) mass is 778 g/mol. The molecular weight excluding hydrogens is 743 g/mol. The van der Waals surface area contributed by atoms with Gasteiger partial charge in [0, 0.05) is 73.6 Å². The zero-order chi connectivity index (χ0) is 30.8. The fourth-order valence-electron chi connectivity index (χ4n) is 5.94. The number of hydrogen-bond donors (Lipinski definition) is 0. The maximum atomic E-state index is 6.38. The lowest BCUT2D eigenvalue weighted by molar-refractivity contribution is -0.662. The van der Waals surface area contributed by atoms with Crippen LogP contribution in [0.3, 0.4) is 0 Å². The van der Waals surface area contributed by atoms with Gasteiger partial charge in [0.2, 0.25) is 11.0 Å². The van der Waals surface area contributed by atoms with E-state index in [1.807, 2.05) is 12.1 Å². The molecule has 0 saturated heterocycles. The molecule has 0 spiro atoms. The first-order valence-electron chi connectivity index (χ1n) is 15.0. The Kier molecular flexibility index (Phi) is 12.1. The molecule has 4 nitrogen and oxygen atoms in total. The predicted octanol–water partition coefficient (Wildman–Crippen LogP) is 1.90. The Labute approximate surface area is 303 Å². The van der Waals surface area contributed by atoms with Crippen LogP contribution >= 0.6 is 23.2 Å². The van der Waals surface area contributed by atoms with E-state index in [4.69, 9.17) is 23.2 Å². The summed E-state index contributed by atoms with van der Waals surface area (Å²) in [4.78, 5) is 4.29. The van der Waals surface area contributed by atoms with Crippen molar-refractivity contribution in [2.24, 2.45) is 0 Å². The fraction of sp³-hybridized carbons (Fsp3) is 0.211. The molecule has 4 aromatic carbocycles. The maximum Gasteiger partial charge on any atom is 0.216 e. The minimum Gasteiger partial charge on any atom is -1.00 e. The molecule has 0 unspecified atom stereocenters. The van der Waals surface area contributed by atoms with Crippen molar-refractivity contribution >= 4 is 56.4 Å². The third-order valence-electron chi connectivity index (χ3n) is 8.33. The average Bonchev–Trinajstić information content (AvgIpc) is 3.01. The number of anilines is 2. The highest BCUT2D eigenvalue weighted by Gasteiger charge is 2.17. The summed E-state index contributed by atoms with van der Waals surface area (Å²) in [6.07, 6.45) is 6.32. The van der Waals surface area contributed by atoms with Crippen molar-refractivity contribution in [2.45, 2.75) is 25.9 Å². The number of benzene rings is 4. The number of hydrogen-bond acceptors (Lipinski definition) is 2. The first kappa shape index (κ1) is 35.7. The largest absolute Gasteiger partial charge is 1.00 e. The number of pyridine rings is 2. The summed E-state index contributed by atoms with van der Waals surface area (Å²) in [5, 5.41) is 3.90. The van der Waals surface area contributed by atoms with E-state index in [0.29, 0.717) is 0 Å². The van der Waals surface area contributed by atoms with Crippen LogP contribution in [0.5, 0.6) is 0 Å². The van der Waals surface area contributed by atoms with Crippen molar-refractivity contribution in [3.63, 3.8) is 0 Å². The second kappa shape index (κ2) is 15.6. The molecule has 0 radical (unpaired) electrons. The quantitative estimate of drug-likeness (QED) is 0.209. The van der Waals surface area contributed by atoms with Crippen molar-refractivity contribution in [3.8, 4) is 0 Å². The molecule has 0 aliphatic carbocycles. The third kappa shape index (κ3) is 8.03. The van der Waals surface area contributed by atoms with Gasteiger partial charge in [-0.3, -0.25) is 0 Å². The lowest BCUT2D eigenvalue weighted by Crippen LogP contribution is -3.00. The van der Waals surface area contributed by atoms with E-state index in [2.05, 4.69) is 144 Å². The predicted molar refractivity (Wildman–Crippen MR) is 185 cm³/mol. The summed E-state index contributed by atoms with van der Waals surface area (Å²) in [6, 6.07) is 34.6. The molecule has 238 valence electrons. The minimum absolute atomic E-state index is 0. The second-order valence-electron chi connectivity index (χ2n) is 11.9. The Bertz CT molecular complexity index is 1800. The van der Waals surface area contributed by atoms with Crippen molar-refractivity contribution in [1.82, 2.24) is 0 Å². The summed E-state index contributed by atoms with van der Waals surface area (Å²) in [6.45, 7) is 1.59. The van der Waals surface area contributed by atoms with Gasteiger partial charge in [0.1, 0.15) is 0 Å². The van der Waals surface area contributed by atoms with Gasteiger partial charge >= 0.3 is 0 Å². The summed E-state index contributed by atoms with van der Waals surface area (Å²) >= 11 is 12.8. The molecule has 0 bridgehead atoms. The standard InChI is InChI=1S/C38H38Cl2N4.2BrH/c1-41(2)35-19-21-43(37-23-31(39)15-17-33(35)37)25-29-11-7-27(8-12-29)5-6-28-9-13-30(14-10-28)26-44-22-20-36(42(3)4)34-18-16-32(40)24-38(34)44;;/h7-24H,5-6,25-26H2,1-4H3;2*1H/q+2;;/p-2. The van der Waals surface area contributed by atoms with Crippen molar-refractivity contribution in [1.29, 1.82) is 0 Å². The zero-order valence-electron chi connectivity index (χ0n) is 26.5. The number of rotatable bonds is 9. The van der Waals surface area contributed by atoms with Crippen LogP contribution in [-0.2, 0) is 25.9 Å². The first-order chi connectivity index (χ1) is 21.2. The van der Waals surface area contributed by atoms with Gasteiger partial charge in [-0.05, 0) is 48.2 Å². The molecule has 0 saturated carbocycles. The number of nitrogens with zero attached hydrogens (tertiary/aromatic N) is 4. The van der Waals surface area contributed by atoms with Gasteiger partial charge in [-0.15, -0.1) is 0 Å². The fourth-order valence-corrected chi connectivity index (χ4v) is 6.27. The highest BCUT2D eigenvalue weighted by molar-refractivity contribution is 6.31. The van der Waals surface area contributed by atoms with E-state index in [1.54, 1.807) is 0 Å². The van der Waals surface area contributed by atoms with Crippen LogP contribution in [0.4, 0.5) is 11.4 Å². The Balaban J connectivity index is 0.00000240. The summed E-state index contributed by atoms with van der Waals surface area (Å²) in [5.41, 5.74) is 9.88. The normalized spacial score (nSPS) is 10.8. The molecule has 0 fully saturated rings. The van der Waals surface area contributed by atoms with Crippen LogP contribution in [0.25, 0.3) is 21.8 Å². The molecule has 0 atom stereocenters. The Hall–Kier alpha value is -3.16. The Morgan fingerprint density at radius 2 is 0.826 bits per heavy atom. The van der Waals surface area contributed by atoms with Gasteiger partial charge in [-0.1, -0.05) is 71.7 Å². The molecule has 6 aromatic rings. The van der Waals surface area contributed by atoms with Gasteiger partial charge in [-0.2, -0.15) is 9.13 Å². The topological polar surface area (TPSA) is 14.2 Å². The molecule has 0 aliphatic rings.